The zero-order valence-electron chi connectivity index (χ0n) is 10.3. The van der Waals surface area contributed by atoms with E-state index in [1.807, 2.05) is 22.4 Å². The number of aryl methyl sites for hydroxylation is 1. The average molecular weight is 337 g/mol. The van der Waals surface area contributed by atoms with Crippen LogP contribution >= 0.6 is 27.3 Å². The molecule has 5 heteroatoms. The first kappa shape index (κ1) is 12.8. The van der Waals surface area contributed by atoms with Gasteiger partial charge in [-0.1, -0.05) is 6.07 Å². The highest BCUT2D eigenvalue weighted by Gasteiger charge is 2.23. The Bertz CT molecular complexity index is 586. The van der Waals surface area contributed by atoms with Crippen molar-refractivity contribution in [2.24, 2.45) is 0 Å². The molecule has 3 nitrogen and oxygen atoms in total. The maximum Gasteiger partial charge on any atom is 0.223 e. The highest BCUT2D eigenvalue weighted by Crippen LogP contribution is 2.26. The second kappa shape index (κ2) is 5.43. The Morgan fingerprint density at radius 1 is 1.42 bits per heavy atom. The molecule has 1 aliphatic heterocycles. The van der Waals surface area contributed by atoms with E-state index in [1.54, 1.807) is 17.5 Å². The molecule has 19 heavy (non-hydrogen) atoms. The van der Waals surface area contributed by atoms with E-state index >= 15 is 0 Å². The first-order valence-corrected chi connectivity index (χ1v) is 7.84. The average Bonchev–Trinajstić information content (AvgIpc) is 3.01. The summed E-state index contributed by atoms with van der Waals surface area (Å²) in [5.41, 5.74) is 3.42. The van der Waals surface area contributed by atoms with Crippen molar-refractivity contribution in [3.05, 3.63) is 50.4 Å². The van der Waals surface area contributed by atoms with Crippen LogP contribution < -0.4 is 0 Å². The molecule has 2 aromatic heterocycles. The van der Waals surface area contributed by atoms with Crippen LogP contribution in [0.5, 0.6) is 0 Å². The van der Waals surface area contributed by atoms with E-state index in [2.05, 4.69) is 27.0 Å². The fraction of sp³-hybridized carbons (Fsp3) is 0.286. The Labute approximate surface area is 124 Å². The van der Waals surface area contributed by atoms with Crippen LogP contribution in [0.1, 0.15) is 23.2 Å². The second-order valence-corrected chi connectivity index (χ2v) is 6.81. The van der Waals surface area contributed by atoms with Gasteiger partial charge in [0.2, 0.25) is 5.91 Å². The molecule has 0 fully saturated rings. The van der Waals surface area contributed by atoms with Crippen molar-refractivity contribution in [2.45, 2.75) is 25.9 Å². The van der Waals surface area contributed by atoms with Gasteiger partial charge in [0.1, 0.15) is 0 Å². The Balaban J connectivity index is 1.60. The highest BCUT2D eigenvalue weighted by molar-refractivity contribution is 9.11. The molecule has 98 valence electrons. The number of nitrogens with zero attached hydrogens (tertiary/aromatic N) is 2. The van der Waals surface area contributed by atoms with Crippen LogP contribution in [0.3, 0.4) is 0 Å². The minimum atomic E-state index is 0.205. The number of aromatic nitrogens is 1. The lowest BCUT2D eigenvalue weighted by molar-refractivity contribution is -0.131. The van der Waals surface area contributed by atoms with Crippen LogP contribution in [0.15, 0.2) is 33.6 Å². The van der Waals surface area contributed by atoms with Gasteiger partial charge >= 0.3 is 0 Å². The lowest BCUT2D eigenvalue weighted by atomic mass is 10.2. The number of carbonyl (C=O) groups is 1. The van der Waals surface area contributed by atoms with Crippen molar-refractivity contribution in [3.63, 3.8) is 0 Å². The van der Waals surface area contributed by atoms with E-state index in [9.17, 15) is 4.79 Å². The van der Waals surface area contributed by atoms with Gasteiger partial charge in [0.25, 0.3) is 0 Å². The third kappa shape index (κ3) is 2.72. The molecular formula is C14H13BrN2OS. The van der Waals surface area contributed by atoms with Crippen LogP contribution in [0.25, 0.3) is 0 Å². The fourth-order valence-electron chi connectivity index (χ4n) is 2.27. The van der Waals surface area contributed by atoms with Crippen molar-refractivity contribution in [2.75, 3.05) is 0 Å². The molecule has 0 unspecified atom stereocenters. The predicted molar refractivity (Wildman–Crippen MR) is 78.8 cm³/mol. The Morgan fingerprint density at radius 3 is 3.05 bits per heavy atom. The molecule has 2 aromatic rings. The quantitative estimate of drug-likeness (QED) is 0.860. The monoisotopic (exact) mass is 336 g/mol. The molecule has 3 rings (SSSR count). The van der Waals surface area contributed by atoms with Crippen LogP contribution in [0, 0.1) is 0 Å². The molecule has 0 saturated heterocycles. The highest BCUT2D eigenvalue weighted by atomic mass is 79.9. The standard InChI is InChI=1S/C14H13BrN2OS/c15-14-10(5-7-19-14)3-4-13(18)17-8-11-2-1-6-16-12(11)9-17/h1-2,5-7H,3-4,8-9H2. The largest absolute Gasteiger partial charge is 0.332 e. The lowest BCUT2D eigenvalue weighted by Crippen LogP contribution is -2.25. The summed E-state index contributed by atoms with van der Waals surface area (Å²) in [5, 5.41) is 2.04. The molecule has 0 radical (unpaired) electrons. The summed E-state index contributed by atoms with van der Waals surface area (Å²) < 4.78 is 1.13. The van der Waals surface area contributed by atoms with Crippen molar-refractivity contribution in [1.29, 1.82) is 0 Å². The van der Waals surface area contributed by atoms with E-state index in [1.165, 1.54) is 11.1 Å². The number of rotatable bonds is 3. The molecule has 0 bridgehead atoms. The molecule has 0 atom stereocenters. The third-order valence-corrected chi connectivity index (χ3v) is 5.15. The van der Waals surface area contributed by atoms with Gasteiger partial charge in [0.05, 0.1) is 16.0 Å². The van der Waals surface area contributed by atoms with E-state index < -0.39 is 0 Å². The molecule has 3 heterocycles. The van der Waals surface area contributed by atoms with Gasteiger partial charge < -0.3 is 4.90 Å². The van der Waals surface area contributed by atoms with Crippen molar-refractivity contribution in [3.8, 4) is 0 Å². The first-order chi connectivity index (χ1) is 9.24. The molecule has 1 amide bonds. The first-order valence-electron chi connectivity index (χ1n) is 6.16. The summed E-state index contributed by atoms with van der Waals surface area (Å²) in [6.45, 7) is 1.35. The minimum Gasteiger partial charge on any atom is -0.332 e. The van der Waals surface area contributed by atoms with E-state index in [0.717, 1.165) is 15.9 Å². The molecule has 0 aliphatic carbocycles. The molecule has 0 spiro atoms. The topological polar surface area (TPSA) is 33.2 Å². The fourth-order valence-corrected chi connectivity index (χ4v) is 3.60. The number of hydrogen-bond donors (Lipinski definition) is 0. The minimum absolute atomic E-state index is 0.205. The number of hydrogen-bond acceptors (Lipinski definition) is 3. The second-order valence-electron chi connectivity index (χ2n) is 4.58. The molecule has 0 N–H and O–H groups in total. The number of amides is 1. The van der Waals surface area contributed by atoms with Crippen LogP contribution in [0.2, 0.25) is 0 Å². The summed E-state index contributed by atoms with van der Waals surface area (Å²) >= 11 is 5.17. The van der Waals surface area contributed by atoms with E-state index in [-0.39, 0.29) is 5.91 Å². The predicted octanol–water partition coefficient (Wildman–Crippen LogP) is 3.38. The van der Waals surface area contributed by atoms with Gasteiger partial charge in [-0.05, 0) is 51.0 Å². The van der Waals surface area contributed by atoms with E-state index in [0.29, 0.717) is 19.5 Å². The molecule has 1 aliphatic rings. The molecular weight excluding hydrogens is 324 g/mol. The van der Waals surface area contributed by atoms with Crippen LogP contribution in [0.4, 0.5) is 0 Å². The summed E-state index contributed by atoms with van der Waals surface area (Å²) in [7, 11) is 0. The van der Waals surface area contributed by atoms with Crippen molar-refractivity contribution >= 4 is 33.2 Å². The SMILES string of the molecule is O=C(CCc1ccsc1Br)N1Cc2cccnc2C1. The number of thiophene rings is 1. The maximum absolute atomic E-state index is 12.2. The van der Waals surface area contributed by atoms with Crippen molar-refractivity contribution in [1.82, 2.24) is 9.88 Å². The number of halogens is 1. The third-order valence-electron chi connectivity index (χ3n) is 3.34. The molecule has 0 aromatic carbocycles. The van der Waals surface area contributed by atoms with Crippen molar-refractivity contribution < 1.29 is 4.79 Å². The molecule has 0 saturated carbocycles. The number of fused-ring (bicyclic) bond motifs is 1. The summed E-state index contributed by atoms with van der Waals surface area (Å²) in [6.07, 6.45) is 3.14. The lowest BCUT2D eigenvalue weighted by Gasteiger charge is -2.14. The zero-order chi connectivity index (χ0) is 13.2. The van der Waals surface area contributed by atoms with Gasteiger partial charge in [-0.15, -0.1) is 11.3 Å². The van der Waals surface area contributed by atoms with Gasteiger partial charge in [0.15, 0.2) is 0 Å². The smallest absolute Gasteiger partial charge is 0.223 e. The van der Waals surface area contributed by atoms with Gasteiger partial charge in [-0.25, -0.2) is 0 Å². The summed E-state index contributed by atoms with van der Waals surface area (Å²) in [6, 6.07) is 6.04. The number of carbonyl (C=O) groups excluding carboxylic acids is 1. The number of pyridine rings is 1. The Hall–Kier alpha value is -1.20. The van der Waals surface area contributed by atoms with Crippen LogP contribution in [-0.4, -0.2) is 15.8 Å². The zero-order valence-corrected chi connectivity index (χ0v) is 12.7. The maximum atomic E-state index is 12.2. The van der Waals surface area contributed by atoms with Crippen LogP contribution in [-0.2, 0) is 24.3 Å². The summed E-state index contributed by atoms with van der Waals surface area (Å²) in [4.78, 5) is 18.4. The van der Waals surface area contributed by atoms with Gasteiger partial charge in [0, 0.05) is 19.2 Å². The van der Waals surface area contributed by atoms with E-state index in [4.69, 9.17) is 0 Å². The Morgan fingerprint density at radius 2 is 2.32 bits per heavy atom. The van der Waals surface area contributed by atoms with Gasteiger partial charge in [-0.2, -0.15) is 0 Å². The van der Waals surface area contributed by atoms with Gasteiger partial charge in [-0.3, -0.25) is 9.78 Å². The summed E-state index contributed by atoms with van der Waals surface area (Å²) in [5.74, 6) is 0.205. The normalized spacial score (nSPS) is 13.6. The Kier molecular flexibility index (Phi) is 3.66.